The summed E-state index contributed by atoms with van der Waals surface area (Å²) in [6.07, 6.45) is 1.42. The number of hydrogen-bond acceptors (Lipinski definition) is 4. The molecule has 0 unspecified atom stereocenters. The second-order valence-electron chi connectivity index (χ2n) is 6.88. The van der Waals surface area contributed by atoms with Crippen LogP contribution in [0.4, 0.5) is 10.1 Å². The average molecular weight is 453 g/mol. The summed E-state index contributed by atoms with van der Waals surface area (Å²) < 4.78 is 25.3. The maximum atomic E-state index is 14.1. The molecule has 1 N–H and O–H groups in total. The SMILES string of the molecule is COc1cc(C=C2C(=O)NN(c3ccccc3F)C2=O)ccc1OCc1ccccc1Cl. The first-order valence-corrected chi connectivity index (χ1v) is 10.0. The first-order chi connectivity index (χ1) is 15.5. The van der Waals surface area contributed by atoms with Crippen molar-refractivity contribution >= 4 is 35.2 Å². The van der Waals surface area contributed by atoms with Crippen LogP contribution < -0.4 is 19.9 Å². The van der Waals surface area contributed by atoms with E-state index in [1.54, 1.807) is 30.3 Å². The molecule has 0 radical (unpaired) electrons. The summed E-state index contributed by atoms with van der Waals surface area (Å²) in [5.41, 5.74) is 3.59. The fraction of sp³-hybridized carbons (Fsp3) is 0.0833. The topological polar surface area (TPSA) is 67.9 Å². The molecule has 6 nitrogen and oxygen atoms in total. The first-order valence-electron chi connectivity index (χ1n) is 9.64. The van der Waals surface area contributed by atoms with E-state index in [0.717, 1.165) is 10.6 Å². The summed E-state index contributed by atoms with van der Waals surface area (Å²) >= 11 is 6.16. The molecular weight excluding hydrogens is 435 g/mol. The van der Waals surface area contributed by atoms with Gasteiger partial charge in [-0.2, -0.15) is 0 Å². The normalized spacial score (nSPS) is 14.6. The van der Waals surface area contributed by atoms with Crippen molar-refractivity contribution in [1.82, 2.24) is 5.43 Å². The Morgan fingerprint density at radius 1 is 1.03 bits per heavy atom. The third-order valence-corrected chi connectivity index (χ3v) is 5.19. The van der Waals surface area contributed by atoms with E-state index < -0.39 is 17.6 Å². The molecule has 2 amide bonds. The molecule has 1 fully saturated rings. The third-order valence-electron chi connectivity index (χ3n) is 4.82. The van der Waals surface area contributed by atoms with E-state index in [4.69, 9.17) is 21.1 Å². The number of anilines is 1. The lowest BCUT2D eigenvalue weighted by Gasteiger charge is -2.15. The van der Waals surface area contributed by atoms with Crippen LogP contribution in [0.3, 0.4) is 0 Å². The van der Waals surface area contributed by atoms with E-state index in [1.807, 2.05) is 18.2 Å². The van der Waals surface area contributed by atoms with Crippen LogP contribution in [-0.4, -0.2) is 18.9 Å². The average Bonchev–Trinajstić information content (AvgIpc) is 3.07. The van der Waals surface area contributed by atoms with Crippen molar-refractivity contribution in [3.63, 3.8) is 0 Å². The van der Waals surface area contributed by atoms with Gasteiger partial charge in [-0.05, 0) is 42.0 Å². The van der Waals surface area contributed by atoms with Crippen LogP contribution in [0.5, 0.6) is 11.5 Å². The predicted molar refractivity (Wildman–Crippen MR) is 119 cm³/mol. The molecule has 1 aliphatic rings. The highest BCUT2D eigenvalue weighted by Crippen LogP contribution is 2.31. The number of benzene rings is 3. The molecule has 0 aliphatic carbocycles. The van der Waals surface area contributed by atoms with Gasteiger partial charge in [-0.25, -0.2) is 9.40 Å². The van der Waals surface area contributed by atoms with Gasteiger partial charge >= 0.3 is 0 Å². The fourth-order valence-corrected chi connectivity index (χ4v) is 3.38. The highest BCUT2D eigenvalue weighted by Gasteiger charge is 2.35. The third kappa shape index (κ3) is 4.29. The van der Waals surface area contributed by atoms with Gasteiger partial charge in [0.15, 0.2) is 11.5 Å². The molecule has 32 heavy (non-hydrogen) atoms. The maximum absolute atomic E-state index is 14.1. The number of ether oxygens (including phenoxy) is 2. The van der Waals surface area contributed by atoms with E-state index in [1.165, 1.54) is 31.4 Å². The second-order valence-corrected chi connectivity index (χ2v) is 7.29. The summed E-state index contributed by atoms with van der Waals surface area (Å²) in [5.74, 6) is -1.01. The number of rotatable bonds is 6. The van der Waals surface area contributed by atoms with Crippen molar-refractivity contribution in [3.05, 3.63) is 94.3 Å². The fourth-order valence-electron chi connectivity index (χ4n) is 3.19. The van der Waals surface area contributed by atoms with Crippen molar-refractivity contribution in [2.45, 2.75) is 6.61 Å². The smallest absolute Gasteiger partial charge is 0.282 e. The first kappa shape index (κ1) is 21.4. The number of para-hydroxylation sites is 1. The number of methoxy groups -OCH3 is 1. The van der Waals surface area contributed by atoms with Gasteiger partial charge in [0.1, 0.15) is 23.7 Å². The molecule has 0 spiro atoms. The predicted octanol–water partition coefficient (Wildman–Crippen LogP) is 4.53. The second kappa shape index (κ2) is 9.11. The summed E-state index contributed by atoms with van der Waals surface area (Å²) in [4.78, 5) is 25.1. The Morgan fingerprint density at radius 3 is 2.53 bits per heavy atom. The molecule has 1 saturated heterocycles. The van der Waals surface area contributed by atoms with Crippen molar-refractivity contribution in [3.8, 4) is 11.5 Å². The Balaban J connectivity index is 1.56. The Bertz CT molecular complexity index is 1230. The van der Waals surface area contributed by atoms with Gasteiger partial charge in [-0.3, -0.25) is 15.0 Å². The van der Waals surface area contributed by atoms with Gasteiger partial charge in [0, 0.05) is 10.6 Å². The number of halogens is 2. The minimum absolute atomic E-state index is 0.0323. The maximum Gasteiger partial charge on any atom is 0.282 e. The molecule has 1 heterocycles. The lowest BCUT2D eigenvalue weighted by Crippen LogP contribution is -2.36. The van der Waals surface area contributed by atoms with E-state index in [9.17, 15) is 14.0 Å². The zero-order valence-corrected chi connectivity index (χ0v) is 17.7. The molecule has 1 aliphatic heterocycles. The van der Waals surface area contributed by atoms with Crippen LogP contribution >= 0.6 is 11.6 Å². The number of nitrogens with one attached hydrogen (secondary N) is 1. The lowest BCUT2D eigenvalue weighted by molar-refractivity contribution is -0.117. The molecule has 0 aromatic heterocycles. The number of carbonyl (C=O) groups excluding carboxylic acids is 2. The summed E-state index contributed by atoms with van der Waals surface area (Å²) in [7, 11) is 1.49. The molecule has 162 valence electrons. The lowest BCUT2D eigenvalue weighted by atomic mass is 10.1. The minimum atomic E-state index is -0.655. The summed E-state index contributed by atoms with van der Waals surface area (Å²) in [6.45, 7) is 0.245. The van der Waals surface area contributed by atoms with Crippen LogP contribution in [-0.2, 0) is 16.2 Å². The Labute approximate surface area is 188 Å². The van der Waals surface area contributed by atoms with Gasteiger partial charge in [-0.1, -0.05) is 48.0 Å². The number of hydrogen-bond donors (Lipinski definition) is 1. The van der Waals surface area contributed by atoms with Crippen LogP contribution in [0.2, 0.25) is 5.02 Å². The molecule has 8 heteroatoms. The van der Waals surface area contributed by atoms with Crippen LogP contribution in [0.1, 0.15) is 11.1 Å². The molecule has 3 aromatic carbocycles. The number of amides is 2. The highest BCUT2D eigenvalue weighted by atomic mass is 35.5. The van der Waals surface area contributed by atoms with Gasteiger partial charge < -0.3 is 9.47 Å². The van der Waals surface area contributed by atoms with Gasteiger partial charge in [0.25, 0.3) is 11.8 Å². The van der Waals surface area contributed by atoms with Crippen molar-refractivity contribution < 1.29 is 23.5 Å². The molecular formula is C24H18ClFN2O4. The monoisotopic (exact) mass is 452 g/mol. The molecule has 4 rings (SSSR count). The van der Waals surface area contributed by atoms with Gasteiger partial charge in [0.2, 0.25) is 0 Å². The van der Waals surface area contributed by atoms with E-state index in [-0.39, 0.29) is 17.9 Å². The molecule has 0 atom stereocenters. The minimum Gasteiger partial charge on any atom is -0.493 e. The highest BCUT2D eigenvalue weighted by molar-refractivity contribution is 6.32. The van der Waals surface area contributed by atoms with Gasteiger partial charge in [-0.15, -0.1) is 0 Å². The molecule has 0 bridgehead atoms. The standard InChI is InChI=1S/C24H18ClFN2O4/c1-31-22-13-15(10-11-21(22)32-14-16-6-2-3-7-18(16)25)12-17-23(29)27-28(24(17)30)20-9-5-4-8-19(20)26/h2-13H,14H2,1H3,(H,27,29). The zero-order valence-electron chi connectivity index (χ0n) is 17.0. The number of hydrazine groups is 1. The molecule has 0 saturated carbocycles. The van der Waals surface area contributed by atoms with Crippen molar-refractivity contribution in [2.75, 3.05) is 12.1 Å². The molecule has 3 aromatic rings. The largest absolute Gasteiger partial charge is 0.493 e. The van der Waals surface area contributed by atoms with Crippen LogP contribution in [0.15, 0.2) is 72.3 Å². The van der Waals surface area contributed by atoms with Crippen LogP contribution in [0.25, 0.3) is 6.08 Å². The quantitative estimate of drug-likeness (QED) is 0.441. The summed E-state index contributed by atoms with van der Waals surface area (Å²) in [6, 6.07) is 18.0. The number of carbonyl (C=O) groups is 2. The van der Waals surface area contributed by atoms with E-state index in [2.05, 4.69) is 5.43 Å². The Hall–Kier alpha value is -3.84. The van der Waals surface area contributed by atoms with Crippen molar-refractivity contribution in [1.29, 1.82) is 0 Å². The Kier molecular flexibility index (Phi) is 6.09. The zero-order chi connectivity index (χ0) is 22.7. The summed E-state index contributed by atoms with van der Waals surface area (Å²) in [5, 5.41) is 1.49. The van der Waals surface area contributed by atoms with Gasteiger partial charge in [0.05, 0.1) is 7.11 Å². The van der Waals surface area contributed by atoms with E-state index in [0.29, 0.717) is 22.1 Å². The van der Waals surface area contributed by atoms with Crippen LogP contribution in [0, 0.1) is 5.82 Å². The van der Waals surface area contributed by atoms with Crippen molar-refractivity contribution in [2.24, 2.45) is 0 Å². The number of nitrogens with zero attached hydrogens (tertiary/aromatic N) is 1. The Morgan fingerprint density at radius 2 is 1.78 bits per heavy atom. The van der Waals surface area contributed by atoms with E-state index >= 15 is 0 Å².